The minimum atomic E-state index is -3.27. The number of anilines is 2. The lowest BCUT2D eigenvalue weighted by molar-refractivity contribution is -0.115. The third-order valence-corrected chi connectivity index (χ3v) is 3.80. The highest BCUT2D eigenvalue weighted by Gasteiger charge is 2.07. The van der Waals surface area contributed by atoms with Crippen LogP contribution in [0.5, 0.6) is 0 Å². The molecule has 0 unspecified atom stereocenters. The summed E-state index contributed by atoms with van der Waals surface area (Å²) < 4.78 is 25.2. The van der Waals surface area contributed by atoms with Crippen LogP contribution in [0.2, 0.25) is 0 Å². The number of rotatable bonds is 7. The molecule has 0 saturated carbocycles. The third kappa shape index (κ3) is 6.03. The number of amides is 1. The molecule has 0 fully saturated rings. The molecule has 0 aliphatic heterocycles. The van der Waals surface area contributed by atoms with Gasteiger partial charge in [0.15, 0.2) is 0 Å². The summed E-state index contributed by atoms with van der Waals surface area (Å²) >= 11 is 0. The minimum Gasteiger partial charge on any atom is -0.325 e. The predicted octanol–water partition coefficient (Wildman–Crippen LogP) is 1.38. The summed E-state index contributed by atoms with van der Waals surface area (Å²) in [5.41, 5.74) is 1.10. The molecule has 0 spiro atoms. The second-order valence-electron chi connectivity index (χ2n) is 4.67. The first-order chi connectivity index (χ1) is 9.32. The van der Waals surface area contributed by atoms with E-state index in [1.165, 1.54) is 0 Å². The van der Waals surface area contributed by atoms with E-state index >= 15 is 0 Å². The van der Waals surface area contributed by atoms with Gasteiger partial charge in [-0.05, 0) is 31.2 Å². The Hall–Kier alpha value is -1.60. The van der Waals surface area contributed by atoms with Gasteiger partial charge in [0.05, 0.1) is 12.3 Å². The van der Waals surface area contributed by atoms with Crippen LogP contribution >= 0.6 is 0 Å². The highest BCUT2D eigenvalue weighted by atomic mass is 32.2. The molecule has 0 aliphatic carbocycles. The largest absolute Gasteiger partial charge is 0.325 e. The molecular formula is C13H21N3O3S. The summed E-state index contributed by atoms with van der Waals surface area (Å²) in [5, 5.41) is 5.73. The van der Waals surface area contributed by atoms with E-state index < -0.39 is 10.0 Å². The van der Waals surface area contributed by atoms with Crippen LogP contribution in [0.3, 0.4) is 0 Å². The summed E-state index contributed by atoms with van der Waals surface area (Å²) in [6.07, 6.45) is 0. The number of sulfonamides is 1. The maximum Gasteiger partial charge on any atom is 0.238 e. The van der Waals surface area contributed by atoms with Crippen LogP contribution < -0.4 is 15.4 Å². The van der Waals surface area contributed by atoms with Crippen molar-refractivity contribution in [3.8, 4) is 0 Å². The molecule has 6 nitrogen and oxygen atoms in total. The van der Waals surface area contributed by atoms with Crippen molar-refractivity contribution in [3.63, 3.8) is 0 Å². The molecule has 0 aromatic heterocycles. The molecule has 3 N–H and O–H groups in total. The molecule has 0 aliphatic rings. The average Bonchev–Trinajstić information content (AvgIpc) is 2.38. The van der Waals surface area contributed by atoms with E-state index in [0.29, 0.717) is 11.4 Å². The number of hydrogen-bond acceptors (Lipinski definition) is 4. The van der Waals surface area contributed by atoms with Gasteiger partial charge < -0.3 is 10.6 Å². The van der Waals surface area contributed by atoms with E-state index in [1.54, 1.807) is 31.2 Å². The Balaban J connectivity index is 2.57. The molecule has 1 aromatic carbocycles. The van der Waals surface area contributed by atoms with Gasteiger partial charge in [-0.25, -0.2) is 8.42 Å². The van der Waals surface area contributed by atoms with E-state index in [-0.39, 0.29) is 24.2 Å². The van der Waals surface area contributed by atoms with Gasteiger partial charge in [-0.15, -0.1) is 0 Å². The molecule has 1 aromatic rings. The highest BCUT2D eigenvalue weighted by molar-refractivity contribution is 7.92. The molecular weight excluding hydrogens is 278 g/mol. The topological polar surface area (TPSA) is 87.3 Å². The lowest BCUT2D eigenvalue weighted by atomic mass is 10.3. The van der Waals surface area contributed by atoms with Crippen LogP contribution in [0, 0.1) is 0 Å². The van der Waals surface area contributed by atoms with E-state index in [0.717, 1.165) is 0 Å². The number of nitrogens with one attached hydrogen (secondary N) is 3. The van der Waals surface area contributed by atoms with E-state index in [4.69, 9.17) is 0 Å². The quantitative estimate of drug-likeness (QED) is 0.710. The number of hydrogen-bond donors (Lipinski definition) is 3. The number of carbonyl (C=O) groups excluding carboxylic acids is 1. The fourth-order valence-electron chi connectivity index (χ4n) is 1.38. The minimum absolute atomic E-state index is 0.0202. The molecule has 20 heavy (non-hydrogen) atoms. The summed E-state index contributed by atoms with van der Waals surface area (Å²) in [4.78, 5) is 11.6. The number of carbonyl (C=O) groups is 1. The normalized spacial score (nSPS) is 11.4. The lowest BCUT2D eigenvalue weighted by Gasteiger charge is -2.10. The van der Waals surface area contributed by atoms with E-state index in [2.05, 4.69) is 15.4 Å². The summed E-state index contributed by atoms with van der Waals surface area (Å²) in [6, 6.07) is 6.77. The summed E-state index contributed by atoms with van der Waals surface area (Å²) in [6.45, 7) is 5.73. The summed E-state index contributed by atoms with van der Waals surface area (Å²) in [7, 11) is -3.27. The Morgan fingerprint density at radius 2 is 1.70 bits per heavy atom. The van der Waals surface area contributed by atoms with E-state index in [9.17, 15) is 13.2 Å². The van der Waals surface area contributed by atoms with Crippen LogP contribution in [0.1, 0.15) is 20.8 Å². The molecule has 112 valence electrons. The van der Waals surface area contributed by atoms with Crippen molar-refractivity contribution in [2.75, 3.05) is 22.3 Å². The monoisotopic (exact) mass is 299 g/mol. The van der Waals surface area contributed by atoms with Gasteiger partial charge in [-0.1, -0.05) is 13.8 Å². The van der Waals surface area contributed by atoms with Crippen molar-refractivity contribution in [1.29, 1.82) is 0 Å². The Labute approximate surface area is 120 Å². The maximum absolute atomic E-state index is 11.6. The van der Waals surface area contributed by atoms with Crippen LogP contribution in [0.4, 0.5) is 11.4 Å². The van der Waals surface area contributed by atoms with Crippen molar-refractivity contribution in [2.45, 2.75) is 26.8 Å². The highest BCUT2D eigenvalue weighted by Crippen LogP contribution is 2.14. The Morgan fingerprint density at radius 1 is 1.15 bits per heavy atom. The van der Waals surface area contributed by atoms with Crippen molar-refractivity contribution < 1.29 is 13.2 Å². The van der Waals surface area contributed by atoms with Crippen molar-refractivity contribution >= 4 is 27.3 Å². The molecule has 0 heterocycles. The van der Waals surface area contributed by atoms with Gasteiger partial charge in [0.1, 0.15) is 0 Å². The van der Waals surface area contributed by atoms with Gasteiger partial charge in [0, 0.05) is 17.4 Å². The SMILES string of the molecule is CCS(=O)(=O)Nc1ccc(NC(=O)CNC(C)C)cc1. The first kappa shape index (κ1) is 16.5. The third-order valence-electron chi connectivity index (χ3n) is 2.49. The standard InChI is InChI=1S/C13H21N3O3S/c1-4-20(18,19)16-12-7-5-11(6-8-12)15-13(17)9-14-10(2)3/h5-8,10,14,16H,4,9H2,1-3H3,(H,15,17). The van der Waals surface area contributed by atoms with Gasteiger partial charge in [-0.3, -0.25) is 9.52 Å². The molecule has 0 bridgehead atoms. The zero-order valence-electron chi connectivity index (χ0n) is 11.9. The van der Waals surface area contributed by atoms with Crippen LogP contribution in [-0.2, 0) is 14.8 Å². The van der Waals surface area contributed by atoms with Crippen molar-refractivity contribution in [2.24, 2.45) is 0 Å². The molecule has 1 rings (SSSR count). The lowest BCUT2D eigenvalue weighted by Crippen LogP contribution is -2.32. The van der Waals surface area contributed by atoms with Gasteiger partial charge >= 0.3 is 0 Å². The predicted molar refractivity (Wildman–Crippen MR) is 81.3 cm³/mol. The van der Waals surface area contributed by atoms with Crippen LogP contribution in [0.25, 0.3) is 0 Å². The molecule has 0 radical (unpaired) electrons. The average molecular weight is 299 g/mol. The van der Waals surface area contributed by atoms with Crippen LogP contribution in [-0.4, -0.2) is 32.7 Å². The van der Waals surface area contributed by atoms with Gasteiger partial charge in [0.2, 0.25) is 15.9 Å². The number of benzene rings is 1. The first-order valence-electron chi connectivity index (χ1n) is 6.46. The molecule has 1 amide bonds. The van der Waals surface area contributed by atoms with Gasteiger partial charge in [0.25, 0.3) is 0 Å². The van der Waals surface area contributed by atoms with Crippen molar-refractivity contribution in [3.05, 3.63) is 24.3 Å². The van der Waals surface area contributed by atoms with Crippen LogP contribution in [0.15, 0.2) is 24.3 Å². The zero-order chi connectivity index (χ0) is 15.2. The fourth-order valence-corrected chi connectivity index (χ4v) is 2.01. The smallest absolute Gasteiger partial charge is 0.238 e. The fraction of sp³-hybridized carbons (Fsp3) is 0.462. The first-order valence-corrected chi connectivity index (χ1v) is 8.11. The summed E-state index contributed by atoms with van der Waals surface area (Å²) in [5.74, 6) is -0.118. The Kier molecular flexibility index (Phi) is 5.97. The molecule has 0 saturated heterocycles. The second-order valence-corrected chi connectivity index (χ2v) is 6.68. The van der Waals surface area contributed by atoms with Gasteiger partial charge in [-0.2, -0.15) is 0 Å². The molecule has 7 heteroatoms. The zero-order valence-corrected chi connectivity index (χ0v) is 12.8. The van der Waals surface area contributed by atoms with E-state index in [1.807, 2.05) is 13.8 Å². The molecule has 0 atom stereocenters. The Morgan fingerprint density at radius 3 is 2.20 bits per heavy atom. The second kappa shape index (κ2) is 7.25. The van der Waals surface area contributed by atoms with Crippen molar-refractivity contribution in [1.82, 2.24) is 5.32 Å². The maximum atomic E-state index is 11.6. The Bertz CT molecular complexity index is 538.